The van der Waals surface area contributed by atoms with Crippen LogP contribution in [0.25, 0.3) is 0 Å². The molecule has 0 unspecified atom stereocenters. The zero-order valence-electron chi connectivity index (χ0n) is 9.28. The third kappa shape index (κ3) is 3.20. The second kappa shape index (κ2) is 5.12. The molecule has 1 saturated heterocycles. The minimum atomic E-state index is 0.745. The van der Waals surface area contributed by atoms with Gasteiger partial charge >= 0.3 is 0 Å². The Labute approximate surface area is 91.1 Å². The van der Waals surface area contributed by atoms with E-state index in [-0.39, 0.29) is 0 Å². The monoisotopic (exact) mass is 206 g/mol. The smallest absolute Gasteiger partial charge is 0.213 e. The van der Waals surface area contributed by atoms with Gasteiger partial charge in [-0.1, -0.05) is 6.07 Å². The zero-order chi connectivity index (χ0) is 10.5. The lowest BCUT2D eigenvalue weighted by atomic mass is 10.4. The molecule has 1 aromatic heterocycles. The average molecular weight is 206 g/mol. The number of aryl methyl sites for hydroxylation is 1. The maximum Gasteiger partial charge on any atom is 0.213 e. The molecule has 82 valence electrons. The molecule has 0 amide bonds. The van der Waals surface area contributed by atoms with Crippen molar-refractivity contribution in [3.05, 3.63) is 23.9 Å². The molecule has 3 heteroatoms. The molecule has 1 aromatic rings. The molecule has 1 aliphatic rings. The van der Waals surface area contributed by atoms with Crippen LogP contribution in [0.15, 0.2) is 18.2 Å². The van der Waals surface area contributed by atoms with E-state index >= 15 is 0 Å². The normalized spacial score (nSPS) is 16.9. The van der Waals surface area contributed by atoms with Crippen molar-refractivity contribution >= 4 is 0 Å². The lowest BCUT2D eigenvalue weighted by Crippen LogP contribution is -2.25. The number of likely N-dealkylation sites (tertiary alicyclic amines) is 1. The molecule has 0 radical (unpaired) electrons. The Morgan fingerprint density at radius 3 is 2.87 bits per heavy atom. The van der Waals surface area contributed by atoms with Crippen LogP contribution < -0.4 is 4.74 Å². The molecule has 0 aliphatic carbocycles. The maximum absolute atomic E-state index is 5.60. The summed E-state index contributed by atoms with van der Waals surface area (Å²) in [6, 6.07) is 5.87. The van der Waals surface area contributed by atoms with Gasteiger partial charge in [0.2, 0.25) is 5.88 Å². The van der Waals surface area contributed by atoms with Crippen molar-refractivity contribution in [2.24, 2.45) is 0 Å². The van der Waals surface area contributed by atoms with Crippen molar-refractivity contribution in [2.45, 2.75) is 19.8 Å². The summed E-state index contributed by atoms with van der Waals surface area (Å²) in [4.78, 5) is 6.74. The van der Waals surface area contributed by atoms with Gasteiger partial charge in [0.1, 0.15) is 6.61 Å². The van der Waals surface area contributed by atoms with Crippen molar-refractivity contribution < 1.29 is 4.74 Å². The van der Waals surface area contributed by atoms with E-state index in [1.165, 1.54) is 25.9 Å². The van der Waals surface area contributed by atoms with Crippen LogP contribution in [0.3, 0.4) is 0 Å². The van der Waals surface area contributed by atoms with Gasteiger partial charge in [-0.05, 0) is 38.9 Å². The van der Waals surface area contributed by atoms with Crippen LogP contribution in [-0.4, -0.2) is 36.1 Å². The highest BCUT2D eigenvalue weighted by Gasteiger charge is 2.10. The molecule has 0 spiro atoms. The fraction of sp³-hybridized carbons (Fsp3) is 0.583. The molecule has 2 heterocycles. The average Bonchev–Trinajstić information content (AvgIpc) is 2.71. The molecule has 15 heavy (non-hydrogen) atoms. The van der Waals surface area contributed by atoms with E-state index in [9.17, 15) is 0 Å². The van der Waals surface area contributed by atoms with E-state index in [4.69, 9.17) is 4.74 Å². The van der Waals surface area contributed by atoms with Crippen LogP contribution >= 0.6 is 0 Å². The summed E-state index contributed by atoms with van der Waals surface area (Å²) in [7, 11) is 0. The molecular weight excluding hydrogens is 188 g/mol. The zero-order valence-corrected chi connectivity index (χ0v) is 9.28. The van der Waals surface area contributed by atoms with Gasteiger partial charge in [0.15, 0.2) is 0 Å². The summed E-state index contributed by atoms with van der Waals surface area (Å²) < 4.78 is 5.60. The summed E-state index contributed by atoms with van der Waals surface area (Å²) in [6.45, 7) is 6.20. The topological polar surface area (TPSA) is 25.4 Å². The summed E-state index contributed by atoms with van der Waals surface area (Å²) >= 11 is 0. The minimum absolute atomic E-state index is 0.745. The second-order valence-electron chi connectivity index (χ2n) is 4.01. The van der Waals surface area contributed by atoms with Crippen molar-refractivity contribution in [2.75, 3.05) is 26.2 Å². The van der Waals surface area contributed by atoms with Crippen LogP contribution in [0.4, 0.5) is 0 Å². The molecule has 2 rings (SSSR count). The van der Waals surface area contributed by atoms with Gasteiger partial charge < -0.3 is 4.74 Å². The first-order chi connectivity index (χ1) is 7.34. The lowest BCUT2D eigenvalue weighted by Gasteiger charge is -2.14. The highest BCUT2D eigenvalue weighted by Crippen LogP contribution is 2.09. The molecule has 0 bridgehead atoms. The Hall–Kier alpha value is -1.09. The maximum atomic E-state index is 5.60. The molecule has 0 atom stereocenters. The quantitative estimate of drug-likeness (QED) is 0.752. The first-order valence-electron chi connectivity index (χ1n) is 5.63. The number of aromatic nitrogens is 1. The highest BCUT2D eigenvalue weighted by atomic mass is 16.5. The largest absolute Gasteiger partial charge is 0.476 e. The van der Waals surface area contributed by atoms with E-state index in [0.29, 0.717) is 0 Å². The summed E-state index contributed by atoms with van der Waals surface area (Å²) in [5.74, 6) is 0.745. The fourth-order valence-corrected chi connectivity index (χ4v) is 1.88. The van der Waals surface area contributed by atoms with Gasteiger partial charge in [0.05, 0.1) is 0 Å². The SMILES string of the molecule is Cc1cccc(OCCN2CCCC2)n1. The molecule has 1 aliphatic heterocycles. The van der Waals surface area contributed by atoms with Gasteiger partial charge in [-0.15, -0.1) is 0 Å². The number of rotatable bonds is 4. The van der Waals surface area contributed by atoms with Crippen molar-refractivity contribution in [3.63, 3.8) is 0 Å². The third-order valence-corrected chi connectivity index (χ3v) is 2.72. The first-order valence-corrected chi connectivity index (χ1v) is 5.63. The molecule has 0 N–H and O–H groups in total. The number of nitrogens with zero attached hydrogens (tertiary/aromatic N) is 2. The third-order valence-electron chi connectivity index (χ3n) is 2.72. The molecule has 3 nitrogen and oxygen atoms in total. The van der Waals surface area contributed by atoms with Crippen LogP contribution in [0.2, 0.25) is 0 Å². The Kier molecular flexibility index (Phi) is 3.56. The second-order valence-corrected chi connectivity index (χ2v) is 4.01. The minimum Gasteiger partial charge on any atom is -0.476 e. The van der Waals surface area contributed by atoms with E-state index in [1.54, 1.807) is 0 Å². The van der Waals surface area contributed by atoms with Gasteiger partial charge in [-0.3, -0.25) is 4.90 Å². The van der Waals surface area contributed by atoms with E-state index in [0.717, 1.165) is 24.7 Å². The van der Waals surface area contributed by atoms with Crippen LogP contribution in [0.5, 0.6) is 5.88 Å². The van der Waals surface area contributed by atoms with Crippen molar-refractivity contribution in [1.82, 2.24) is 9.88 Å². The number of pyridine rings is 1. The van der Waals surface area contributed by atoms with Crippen LogP contribution in [0.1, 0.15) is 18.5 Å². The van der Waals surface area contributed by atoms with E-state index < -0.39 is 0 Å². The standard InChI is InChI=1S/C12H18N2O/c1-11-5-4-6-12(13-11)15-10-9-14-7-2-3-8-14/h4-6H,2-3,7-10H2,1H3. The van der Waals surface area contributed by atoms with Crippen molar-refractivity contribution in [3.8, 4) is 5.88 Å². The molecular formula is C12H18N2O. The van der Waals surface area contributed by atoms with E-state index in [1.807, 2.05) is 25.1 Å². The number of ether oxygens (including phenoxy) is 1. The summed E-state index contributed by atoms with van der Waals surface area (Å²) in [5, 5.41) is 0. The lowest BCUT2D eigenvalue weighted by molar-refractivity contribution is 0.231. The first kappa shape index (κ1) is 10.4. The predicted octanol–water partition coefficient (Wildman–Crippen LogP) is 1.86. The van der Waals surface area contributed by atoms with Crippen LogP contribution in [0, 0.1) is 6.92 Å². The van der Waals surface area contributed by atoms with Gasteiger partial charge in [-0.25, -0.2) is 4.98 Å². The molecule has 1 fully saturated rings. The van der Waals surface area contributed by atoms with E-state index in [2.05, 4.69) is 9.88 Å². The Morgan fingerprint density at radius 1 is 1.33 bits per heavy atom. The summed E-state index contributed by atoms with van der Waals surface area (Å²) in [6.07, 6.45) is 2.67. The highest BCUT2D eigenvalue weighted by molar-refractivity contribution is 5.14. The Bertz CT molecular complexity index is 308. The number of hydrogen-bond donors (Lipinski definition) is 0. The predicted molar refractivity (Wildman–Crippen MR) is 60.1 cm³/mol. The summed E-state index contributed by atoms with van der Waals surface area (Å²) in [5.41, 5.74) is 1.01. The van der Waals surface area contributed by atoms with Gasteiger partial charge in [0.25, 0.3) is 0 Å². The molecule has 0 saturated carbocycles. The van der Waals surface area contributed by atoms with Crippen LogP contribution in [-0.2, 0) is 0 Å². The van der Waals surface area contributed by atoms with Gasteiger partial charge in [0, 0.05) is 18.3 Å². The Balaban J connectivity index is 1.73. The molecule has 0 aromatic carbocycles. The number of hydrogen-bond acceptors (Lipinski definition) is 3. The van der Waals surface area contributed by atoms with Gasteiger partial charge in [-0.2, -0.15) is 0 Å². The Morgan fingerprint density at radius 2 is 2.13 bits per heavy atom. The fourth-order valence-electron chi connectivity index (χ4n) is 1.88. The van der Waals surface area contributed by atoms with Crippen molar-refractivity contribution in [1.29, 1.82) is 0 Å².